The summed E-state index contributed by atoms with van der Waals surface area (Å²) in [4.78, 5) is 13.8. The van der Waals surface area contributed by atoms with E-state index in [1.807, 2.05) is 20.8 Å². The molecule has 18 heavy (non-hydrogen) atoms. The van der Waals surface area contributed by atoms with Crippen LogP contribution in [0.3, 0.4) is 0 Å². The van der Waals surface area contributed by atoms with Crippen LogP contribution in [-0.4, -0.2) is 29.7 Å². The van der Waals surface area contributed by atoms with E-state index in [1.165, 1.54) is 0 Å². The molecule has 1 heterocycles. The number of rotatable bonds is 1. The van der Waals surface area contributed by atoms with Gasteiger partial charge in [0.15, 0.2) is 0 Å². The number of hydrogen-bond donors (Lipinski definition) is 0. The Morgan fingerprint density at radius 1 is 1.33 bits per heavy atom. The maximum Gasteiger partial charge on any atom is 0.410 e. The minimum absolute atomic E-state index is 0.166. The van der Waals surface area contributed by atoms with Crippen molar-refractivity contribution in [1.29, 1.82) is 0 Å². The van der Waals surface area contributed by atoms with E-state index in [-0.39, 0.29) is 11.5 Å². The smallest absolute Gasteiger partial charge is 0.410 e. The van der Waals surface area contributed by atoms with E-state index >= 15 is 0 Å². The number of piperidine rings is 1. The molecule has 0 aromatic rings. The highest BCUT2D eigenvalue weighted by atomic mass is 16.6. The molecule has 1 saturated heterocycles. The molecule has 1 fully saturated rings. The predicted octanol–water partition coefficient (Wildman–Crippen LogP) is 3.29. The van der Waals surface area contributed by atoms with E-state index in [9.17, 15) is 4.79 Å². The van der Waals surface area contributed by atoms with E-state index in [1.54, 1.807) is 4.90 Å². The molecule has 3 heteroatoms. The van der Waals surface area contributed by atoms with Gasteiger partial charge in [-0.05, 0) is 53.4 Å². The molecule has 1 unspecified atom stereocenters. The molecule has 1 aliphatic heterocycles. The standard InChI is InChI=1S/C15H25NO2/c1-7-15(5,6)12-9-8-10-16(11-12)13(17)18-14(2,3)4/h1,12H,8-11H2,2-6H3. The van der Waals surface area contributed by atoms with Gasteiger partial charge in [0.2, 0.25) is 0 Å². The van der Waals surface area contributed by atoms with Gasteiger partial charge in [-0.25, -0.2) is 4.79 Å². The lowest BCUT2D eigenvalue weighted by atomic mass is 9.75. The number of likely N-dealkylation sites (tertiary alicyclic amines) is 1. The van der Waals surface area contributed by atoms with Crippen molar-refractivity contribution < 1.29 is 9.53 Å². The molecule has 0 spiro atoms. The highest BCUT2D eigenvalue weighted by Crippen LogP contribution is 2.33. The largest absolute Gasteiger partial charge is 0.444 e. The van der Waals surface area contributed by atoms with Gasteiger partial charge in [0, 0.05) is 18.5 Å². The second-order valence-electron chi connectivity index (χ2n) is 6.63. The lowest BCUT2D eigenvalue weighted by molar-refractivity contribution is 0.0113. The maximum absolute atomic E-state index is 12.0. The fraction of sp³-hybridized carbons (Fsp3) is 0.800. The summed E-state index contributed by atoms with van der Waals surface area (Å²) < 4.78 is 5.41. The first kappa shape index (κ1) is 14.9. The molecule has 1 aliphatic rings. The first-order valence-corrected chi connectivity index (χ1v) is 6.61. The Hall–Kier alpha value is -1.17. The van der Waals surface area contributed by atoms with Gasteiger partial charge < -0.3 is 9.64 Å². The van der Waals surface area contributed by atoms with Crippen LogP contribution in [0.1, 0.15) is 47.5 Å². The Kier molecular flexibility index (Phi) is 4.32. The van der Waals surface area contributed by atoms with Crippen molar-refractivity contribution in [3.8, 4) is 12.3 Å². The molecule has 0 N–H and O–H groups in total. The summed E-state index contributed by atoms with van der Waals surface area (Å²) in [5.41, 5.74) is -0.605. The number of ether oxygens (including phenoxy) is 1. The third-order valence-corrected chi connectivity index (χ3v) is 3.47. The van der Waals surface area contributed by atoms with Gasteiger partial charge in [0.05, 0.1) is 0 Å². The molecule has 0 saturated carbocycles. The SMILES string of the molecule is C#CC(C)(C)C1CCCN(C(=O)OC(C)(C)C)C1. The van der Waals surface area contributed by atoms with Crippen molar-refractivity contribution in [1.82, 2.24) is 4.90 Å². The molecule has 0 aromatic carbocycles. The lowest BCUT2D eigenvalue weighted by Crippen LogP contribution is -2.46. The second kappa shape index (κ2) is 5.22. The molecule has 1 amide bonds. The van der Waals surface area contributed by atoms with Crippen LogP contribution >= 0.6 is 0 Å². The molecule has 102 valence electrons. The van der Waals surface area contributed by atoms with Gasteiger partial charge in [0.1, 0.15) is 5.60 Å². The topological polar surface area (TPSA) is 29.5 Å². The first-order chi connectivity index (χ1) is 8.15. The van der Waals surface area contributed by atoms with Crippen molar-refractivity contribution in [3.05, 3.63) is 0 Å². The highest BCUT2D eigenvalue weighted by Gasteiger charge is 2.34. The third-order valence-electron chi connectivity index (χ3n) is 3.47. The van der Waals surface area contributed by atoms with Crippen molar-refractivity contribution in [2.24, 2.45) is 11.3 Å². The van der Waals surface area contributed by atoms with Gasteiger partial charge in [-0.2, -0.15) is 0 Å². The Labute approximate surface area is 111 Å². The van der Waals surface area contributed by atoms with Crippen LogP contribution in [0.5, 0.6) is 0 Å². The van der Waals surface area contributed by atoms with Gasteiger partial charge in [0.25, 0.3) is 0 Å². The summed E-state index contributed by atoms with van der Waals surface area (Å²) in [7, 11) is 0. The van der Waals surface area contributed by atoms with Gasteiger partial charge >= 0.3 is 6.09 Å². The van der Waals surface area contributed by atoms with Crippen molar-refractivity contribution in [2.45, 2.75) is 53.1 Å². The van der Waals surface area contributed by atoms with E-state index in [2.05, 4.69) is 19.8 Å². The summed E-state index contributed by atoms with van der Waals surface area (Å²) in [6.45, 7) is 11.3. The zero-order chi connectivity index (χ0) is 14.0. The molecular formula is C15H25NO2. The van der Waals surface area contributed by atoms with Crippen molar-refractivity contribution in [2.75, 3.05) is 13.1 Å². The zero-order valence-corrected chi connectivity index (χ0v) is 12.2. The number of terminal acetylenes is 1. The van der Waals surface area contributed by atoms with E-state index in [0.717, 1.165) is 19.4 Å². The average molecular weight is 251 g/mol. The summed E-state index contributed by atoms with van der Waals surface area (Å²) in [5.74, 6) is 3.19. The molecule has 0 radical (unpaired) electrons. The van der Waals surface area contributed by atoms with Crippen LogP contribution < -0.4 is 0 Å². The Morgan fingerprint density at radius 2 is 1.94 bits per heavy atom. The molecular weight excluding hydrogens is 226 g/mol. The molecule has 3 nitrogen and oxygen atoms in total. The van der Waals surface area contributed by atoms with Crippen LogP contribution in [0.15, 0.2) is 0 Å². The monoisotopic (exact) mass is 251 g/mol. The maximum atomic E-state index is 12.0. The van der Waals surface area contributed by atoms with Gasteiger partial charge in [-0.1, -0.05) is 0 Å². The summed E-state index contributed by atoms with van der Waals surface area (Å²) >= 11 is 0. The number of hydrogen-bond acceptors (Lipinski definition) is 2. The predicted molar refractivity (Wildman–Crippen MR) is 73.1 cm³/mol. The van der Waals surface area contributed by atoms with Crippen molar-refractivity contribution in [3.63, 3.8) is 0 Å². The van der Waals surface area contributed by atoms with Crippen LogP contribution in [0.25, 0.3) is 0 Å². The summed E-state index contributed by atoms with van der Waals surface area (Å²) in [6.07, 6.45) is 7.43. The van der Waals surface area contributed by atoms with E-state index < -0.39 is 5.60 Å². The van der Waals surface area contributed by atoms with Crippen LogP contribution in [0.4, 0.5) is 4.79 Å². The second-order valence-corrected chi connectivity index (χ2v) is 6.63. The number of amides is 1. The van der Waals surface area contributed by atoms with E-state index in [0.29, 0.717) is 12.5 Å². The summed E-state index contributed by atoms with van der Waals surface area (Å²) in [6, 6.07) is 0. The zero-order valence-electron chi connectivity index (χ0n) is 12.2. The van der Waals surface area contributed by atoms with Gasteiger partial charge in [-0.15, -0.1) is 12.3 Å². The Morgan fingerprint density at radius 3 is 2.44 bits per heavy atom. The van der Waals surface area contributed by atoms with E-state index in [4.69, 9.17) is 11.2 Å². The van der Waals surface area contributed by atoms with Crippen LogP contribution in [0, 0.1) is 23.7 Å². The van der Waals surface area contributed by atoms with Crippen LogP contribution in [0.2, 0.25) is 0 Å². The molecule has 0 aliphatic carbocycles. The minimum atomic E-state index is -0.439. The lowest BCUT2D eigenvalue weighted by Gasteiger charge is -2.39. The molecule has 0 aromatic heterocycles. The fourth-order valence-electron chi connectivity index (χ4n) is 2.18. The molecule has 1 rings (SSSR count). The molecule has 1 atom stereocenters. The van der Waals surface area contributed by atoms with Crippen molar-refractivity contribution >= 4 is 6.09 Å². The average Bonchev–Trinajstić information content (AvgIpc) is 2.27. The highest BCUT2D eigenvalue weighted by molar-refractivity contribution is 5.68. The normalized spacial score (nSPS) is 21.3. The number of carbonyl (C=O) groups excluding carboxylic acids is 1. The summed E-state index contributed by atoms with van der Waals surface area (Å²) in [5, 5.41) is 0. The number of nitrogens with zero attached hydrogens (tertiary/aromatic N) is 1. The third kappa shape index (κ3) is 3.94. The quantitative estimate of drug-likeness (QED) is 0.669. The Bertz CT molecular complexity index is 346. The first-order valence-electron chi connectivity index (χ1n) is 6.61. The minimum Gasteiger partial charge on any atom is -0.444 e. The van der Waals surface area contributed by atoms with Crippen LogP contribution in [-0.2, 0) is 4.74 Å². The number of carbonyl (C=O) groups is 1. The molecule has 0 bridgehead atoms. The van der Waals surface area contributed by atoms with Gasteiger partial charge in [-0.3, -0.25) is 0 Å². The fourth-order valence-corrected chi connectivity index (χ4v) is 2.18. The Balaban J connectivity index is 2.65.